The molecular weight excluding hydrogens is 392 g/mol. The van der Waals surface area contributed by atoms with Gasteiger partial charge in [-0.15, -0.1) is 11.3 Å². The number of hydrogen-bond acceptors (Lipinski definition) is 7. The lowest BCUT2D eigenvalue weighted by atomic mass is 9.89. The Kier molecular flexibility index (Phi) is 6.73. The zero-order chi connectivity index (χ0) is 20.8. The highest BCUT2D eigenvalue weighted by Crippen LogP contribution is 2.39. The van der Waals surface area contributed by atoms with Gasteiger partial charge in [0.15, 0.2) is 24.7 Å². The van der Waals surface area contributed by atoms with Crippen molar-refractivity contribution in [2.75, 3.05) is 25.6 Å². The number of nitrogens with zero attached hydrogens (tertiary/aromatic N) is 1. The van der Waals surface area contributed by atoms with Crippen LogP contribution in [0.15, 0.2) is 24.3 Å². The zero-order valence-corrected chi connectivity index (χ0v) is 17.1. The maximum absolute atomic E-state index is 12.2. The molecule has 1 heterocycles. The Morgan fingerprint density at radius 3 is 2.76 bits per heavy atom. The SMILES string of the molecule is COc1ccccc1OCC(=O)OCC(=O)Nc1sc2c(c1C#N)CC[C@H](C)C2. The van der Waals surface area contributed by atoms with Crippen molar-refractivity contribution in [1.29, 1.82) is 5.26 Å². The Morgan fingerprint density at radius 1 is 1.28 bits per heavy atom. The van der Waals surface area contributed by atoms with Gasteiger partial charge in [0.25, 0.3) is 5.91 Å². The summed E-state index contributed by atoms with van der Waals surface area (Å²) >= 11 is 1.43. The number of carbonyl (C=O) groups is 2. The lowest BCUT2D eigenvalue weighted by Crippen LogP contribution is -2.23. The summed E-state index contributed by atoms with van der Waals surface area (Å²) in [6.07, 6.45) is 2.80. The van der Waals surface area contributed by atoms with Gasteiger partial charge in [0, 0.05) is 4.88 Å². The third-order valence-electron chi connectivity index (χ3n) is 4.66. The minimum Gasteiger partial charge on any atom is -0.493 e. The van der Waals surface area contributed by atoms with Crippen LogP contribution in [-0.2, 0) is 27.2 Å². The van der Waals surface area contributed by atoms with Crippen LogP contribution in [0.4, 0.5) is 5.00 Å². The van der Waals surface area contributed by atoms with Crippen molar-refractivity contribution in [3.05, 3.63) is 40.3 Å². The third-order valence-corrected chi connectivity index (χ3v) is 5.83. The first-order chi connectivity index (χ1) is 14.0. The van der Waals surface area contributed by atoms with Crippen molar-refractivity contribution in [3.63, 3.8) is 0 Å². The van der Waals surface area contributed by atoms with Crippen molar-refractivity contribution in [3.8, 4) is 17.6 Å². The number of esters is 1. The lowest BCUT2D eigenvalue weighted by molar-refractivity contribution is -0.149. The second-order valence-corrected chi connectivity index (χ2v) is 7.92. The summed E-state index contributed by atoms with van der Waals surface area (Å²) in [6.45, 7) is 1.39. The van der Waals surface area contributed by atoms with Crippen molar-refractivity contribution in [2.24, 2.45) is 5.92 Å². The molecule has 0 bridgehead atoms. The van der Waals surface area contributed by atoms with Gasteiger partial charge >= 0.3 is 5.97 Å². The van der Waals surface area contributed by atoms with E-state index in [1.165, 1.54) is 18.4 Å². The van der Waals surface area contributed by atoms with Gasteiger partial charge in [0.2, 0.25) is 0 Å². The van der Waals surface area contributed by atoms with Gasteiger partial charge in [0.05, 0.1) is 12.7 Å². The number of para-hydroxylation sites is 2. The van der Waals surface area contributed by atoms with Crippen molar-refractivity contribution in [2.45, 2.75) is 26.2 Å². The Bertz CT molecular complexity index is 947. The van der Waals surface area contributed by atoms with E-state index < -0.39 is 18.5 Å². The van der Waals surface area contributed by atoms with Crippen LogP contribution in [0, 0.1) is 17.2 Å². The standard InChI is InChI=1S/C21H22N2O5S/c1-13-7-8-14-15(10-22)21(29-18(14)9-13)23-19(24)11-28-20(25)12-27-17-6-4-3-5-16(17)26-2/h3-6,13H,7-9,11-12H2,1-2H3,(H,23,24)/t13-/m0/s1. The number of anilines is 1. The molecule has 1 aromatic carbocycles. The number of fused-ring (bicyclic) bond motifs is 1. The smallest absolute Gasteiger partial charge is 0.344 e. The number of thiophene rings is 1. The predicted molar refractivity (Wildman–Crippen MR) is 108 cm³/mol. The molecule has 0 spiro atoms. The number of methoxy groups -OCH3 is 1. The van der Waals surface area contributed by atoms with Gasteiger partial charge in [-0.05, 0) is 42.9 Å². The number of amides is 1. The highest BCUT2D eigenvalue weighted by molar-refractivity contribution is 7.16. The van der Waals surface area contributed by atoms with Gasteiger partial charge in [-0.3, -0.25) is 4.79 Å². The van der Waals surface area contributed by atoms with Crippen LogP contribution in [0.3, 0.4) is 0 Å². The summed E-state index contributed by atoms with van der Waals surface area (Å²) in [5.41, 5.74) is 1.56. The Morgan fingerprint density at radius 2 is 2.03 bits per heavy atom. The summed E-state index contributed by atoms with van der Waals surface area (Å²) in [6, 6.07) is 9.11. The second kappa shape index (κ2) is 9.43. The van der Waals surface area contributed by atoms with E-state index in [-0.39, 0.29) is 6.61 Å². The van der Waals surface area contributed by atoms with E-state index in [0.29, 0.717) is 28.0 Å². The normalized spacial score (nSPS) is 15.0. The molecule has 1 aliphatic rings. The Balaban J connectivity index is 1.51. The van der Waals surface area contributed by atoms with Crippen LogP contribution in [-0.4, -0.2) is 32.2 Å². The van der Waals surface area contributed by atoms with E-state index in [4.69, 9.17) is 14.2 Å². The van der Waals surface area contributed by atoms with Crippen LogP contribution < -0.4 is 14.8 Å². The van der Waals surface area contributed by atoms with E-state index >= 15 is 0 Å². The summed E-state index contributed by atoms with van der Waals surface area (Å²) in [4.78, 5) is 25.2. The molecular formula is C21H22N2O5S. The largest absolute Gasteiger partial charge is 0.493 e. The molecule has 7 nitrogen and oxygen atoms in total. The monoisotopic (exact) mass is 414 g/mol. The second-order valence-electron chi connectivity index (χ2n) is 6.82. The van der Waals surface area contributed by atoms with Crippen LogP contribution >= 0.6 is 11.3 Å². The number of rotatable bonds is 7. The van der Waals surface area contributed by atoms with Crippen LogP contribution in [0.25, 0.3) is 0 Å². The molecule has 1 N–H and O–H groups in total. The number of carbonyl (C=O) groups excluding carboxylic acids is 2. The van der Waals surface area contributed by atoms with Crippen molar-refractivity contribution < 1.29 is 23.8 Å². The molecule has 0 unspecified atom stereocenters. The molecule has 1 aromatic heterocycles. The maximum atomic E-state index is 12.2. The number of nitrogens with one attached hydrogen (secondary N) is 1. The summed E-state index contributed by atoms with van der Waals surface area (Å²) in [5.74, 6) is 0.316. The average Bonchev–Trinajstić information content (AvgIpc) is 3.06. The number of hydrogen-bond donors (Lipinski definition) is 1. The average molecular weight is 414 g/mol. The zero-order valence-electron chi connectivity index (χ0n) is 16.3. The Labute approximate surface area is 173 Å². The quantitative estimate of drug-likeness (QED) is 0.698. The Hall–Kier alpha value is -3.05. The van der Waals surface area contributed by atoms with Gasteiger partial charge < -0.3 is 19.5 Å². The molecule has 29 heavy (non-hydrogen) atoms. The van der Waals surface area contributed by atoms with E-state index in [9.17, 15) is 14.9 Å². The third kappa shape index (κ3) is 5.06. The molecule has 0 fully saturated rings. The summed E-state index contributed by atoms with van der Waals surface area (Å²) in [7, 11) is 1.50. The van der Waals surface area contributed by atoms with Gasteiger partial charge in [-0.2, -0.15) is 5.26 Å². The fourth-order valence-corrected chi connectivity index (χ4v) is 4.56. The first kappa shape index (κ1) is 20.7. The van der Waals surface area contributed by atoms with E-state index in [1.54, 1.807) is 24.3 Å². The molecule has 152 valence electrons. The molecule has 1 atom stereocenters. The molecule has 1 aliphatic carbocycles. The van der Waals surface area contributed by atoms with Crippen LogP contribution in [0.2, 0.25) is 0 Å². The first-order valence-electron chi connectivity index (χ1n) is 9.27. The minimum absolute atomic E-state index is 0.345. The molecule has 3 rings (SSSR count). The first-order valence-corrected chi connectivity index (χ1v) is 10.1. The maximum Gasteiger partial charge on any atom is 0.344 e. The van der Waals surface area contributed by atoms with E-state index in [1.807, 2.05) is 0 Å². The minimum atomic E-state index is -0.675. The van der Waals surface area contributed by atoms with Gasteiger partial charge in [-0.1, -0.05) is 19.1 Å². The van der Waals surface area contributed by atoms with Gasteiger partial charge in [-0.25, -0.2) is 4.79 Å². The van der Waals surface area contributed by atoms with Crippen molar-refractivity contribution >= 4 is 28.2 Å². The summed E-state index contributed by atoms with van der Waals surface area (Å²) in [5, 5.41) is 12.7. The fourth-order valence-electron chi connectivity index (χ4n) is 3.18. The van der Waals surface area contributed by atoms with Gasteiger partial charge in [0.1, 0.15) is 11.1 Å². The molecule has 0 radical (unpaired) electrons. The fraction of sp³-hybridized carbons (Fsp3) is 0.381. The topological polar surface area (TPSA) is 97.7 Å². The highest BCUT2D eigenvalue weighted by atomic mass is 32.1. The number of benzene rings is 1. The lowest BCUT2D eigenvalue weighted by Gasteiger charge is -2.17. The molecule has 0 saturated heterocycles. The molecule has 8 heteroatoms. The van der Waals surface area contributed by atoms with E-state index in [0.717, 1.165) is 29.7 Å². The predicted octanol–water partition coefficient (Wildman–Crippen LogP) is 3.31. The van der Waals surface area contributed by atoms with Crippen LogP contribution in [0.1, 0.15) is 29.3 Å². The summed E-state index contributed by atoms with van der Waals surface area (Å²) < 4.78 is 15.5. The molecule has 2 aromatic rings. The molecule has 0 aliphatic heterocycles. The molecule has 1 amide bonds. The number of nitriles is 1. The van der Waals surface area contributed by atoms with E-state index in [2.05, 4.69) is 18.3 Å². The van der Waals surface area contributed by atoms with Crippen molar-refractivity contribution in [1.82, 2.24) is 0 Å². The van der Waals surface area contributed by atoms with Crippen LogP contribution in [0.5, 0.6) is 11.5 Å². The number of ether oxygens (including phenoxy) is 3. The highest BCUT2D eigenvalue weighted by Gasteiger charge is 2.24. The molecule has 0 saturated carbocycles.